The van der Waals surface area contributed by atoms with Crippen molar-refractivity contribution in [2.75, 3.05) is 13.2 Å². The summed E-state index contributed by atoms with van der Waals surface area (Å²) in [6.07, 6.45) is -2.41. The van der Waals surface area contributed by atoms with Gasteiger partial charge in [-0.1, -0.05) is 0 Å². The fourth-order valence-electron chi connectivity index (χ4n) is 0.789. The average Bonchev–Trinajstić information content (AvgIpc) is 2.20. The zero-order chi connectivity index (χ0) is 15.5. The standard InChI is InChI=1S/C5H12O12P2/c6-3(1-16-18(10,11)12)5(9,4(7)8)2-17-19(13,14)15/h3,6,9H,1-2H2,(H,7,8)(H2,10,11,12)(H2,13,14,15). The predicted octanol–water partition coefficient (Wildman–Crippen LogP) is -2.62. The van der Waals surface area contributed by atoms with Crippen molar-refractivity contribution in [3.8, 4) is 0 Å². The Labute approximate surface area is 105 Å². The van der Waals surface area contributed by atoms with Crippen LogP contribution in [0.25, 0.3) is 0 Å². The van der Waals surface area contributed by atoms with Gasteiger partial charge < -0.3 is 34.9 Å². The number of hydrogen-bond acceptors (Lipinski definition) is 7. The first-order valence-electron chi connectivity index (χ1n) is 4.32. The molecule has 0 aromatic heterocycles. The molecule has 0 aliphatic carbocycles. The van der Waals surface area contributed by atoms with Crippen molar-refractivity contribution in [1.82, 2.24) is 0 Å². The number of aliphatic hydroxyl groups excluding tert-OH is 1. The predicted molar refractivity (Wildman–Crippen MR) is 54.6 cm³/mol. The molecule has 0 saturated heterocycles. The van der Waals surface area contributed by atoms with Crippen LogP contribution >= 0.6 is 15.6 Å². The van der Waals surface area contributed by atoms with Gasteiger partial charge in [0.05, 0.1) is 6.61 Å². The molecular weight excluding hydrogens is 314 g/mol. The van der Waals surface area contributed by atoms with Gasteiger partial charge in [0.2, 0.25) is 5.60 Å². The lowest BCUT2D eigenvalue weighted by atomic mass is 9.99. The summed E-state index contributed by atoms with van der Waals surface area (Å²) in [5.74, 6) is -2.14. The molecule has 14 heteroatoms. The highest BCUT2D eigenvalue weighted by Gasteiger charge is 2.46. The zero-order valence-corrected chi connectivity index (χ0v) is 10.8. The van der Waals surface area contributed by atoms with Crippen molar-refractivity contribution in [2.45, 2.75) is 11.7 Å². The minimum absolute atomic E-state index is 1.31. The van der Waals surface area contributed by atoms with E-state index in [1.807, 2.05) is 0 Å². The molecule has 7 N–H and O–H groups in total. The maximum Gasteiger partial charge on any atom is 0.469 e. The first-order chi connectivity index (χ1) is 8.28. The summed E-state index contributed by atoms with van der Waals surface area (Å²) in [6, 6.07) is 0. The average molecular weight is 326 g/mol. The summed E-state index contributed by atoms with van der Waals surface area (Å²) in [4.78, 5) is 44.1. The molecule has 0 aromatic carbocycles. The van der Waals surface area contributed by atoms with Gasteiger partial charge in [0.15, 0.2) is 0 Å². The summed E-state index contributed by atoms with van der Waals surface area (Å²) < 4.78 is 28.2. The number of hydrogen-bond donors (Lipinski definition) is 7. The van der Waals surface area contributed by atoms with Crippen molar-refractivity contribution in [3.63, 3.8) is 0 Å². The summed E-state index contributed by atoms with van der Waals surface area (Å²) >= 11 is 0. The van der Waals surface area contributed by atoms with Gasteiger partial charge in [-0.25, -0.2) is 13.9 Å². The molecule has 19 heavy (non-hydrogen) atoms. The van der Waals surface area contributed by atoms with Crippen LogP contribution in [-0.2, 0) is 23.0 Å². The number of aliphatic hydroxyl groups is 2. The second-order valence-corrected chi connectivity index (χ2v) is 5.77. The van der Waals surface area contributed by atoms with Gasteiger partial charge in [0.25, 0.3) is 0 Å². The fourth-order valence-corrected chi connectivity index (χ4v) is 1.49. The smallest absolute Gasteiger partial charge is 0.469 e. The molecule has 0 radical (unpaired) electrons. The molecule has 12 nitrogen and oxygen atoms in total. The number of carboxylic acids is 1. The van der Waals surface area contributed by atoms with Crippen LogP contribution in [0.2, 0.25) is 0 Å². The van der Waals surface area contributed by atoms with E-state index in [-0.39, 0.29) is 0 Å². The lowest BCUT2D eigenvalue weighted by Gasteiger charge is -2.28. The summed E-state index contributed by atoms with van der Waals surface area (Å²) in [7, 11) is -10.2. The van der Waals surface area contributed by atoms with Gasteiger partial charge in [0, 0.05) is 0 Å². The van der Waals surface area contributed by atoms with Crippen molar-refractivity contribution >= 4 is 21.6 Å². The Bertz CT molecular complexity index is 408. The van der Waals surface area contributed by atoms with E-state index in [4.69, 9.17) is 24.7 Å². The lowest BCUT2D eigenvalue weighted by molar-refractivity contribution is -0.180. The van der Waals surface area contributed by atoms with Crippen LogP contribution in [-0.4, -0.2) is 65.8 Å². The quantitative estimate of drug-likeness (QED) is 0.228. The van der Waals surface area contributed by atoms with Crippen LogP contribution in [0, 0.1) is 0 Å². The Morgan fingerprint density at radius 3 is 1.84 bits per heavy atom. The van der Waals surface area contributed by atoms with Gasteiger partial charge in [-0.2, -0.15) is 0 Å². The number of aliphatic carboxylic acids is 1. The third-order valence-corrected chi connectivity index (χ3v) is 2.73. The maximum absolute atomic E-state index is 10.7. The molecule has 0 aliphatic rings. The molecule has 114 valence electrons. The molecule has 0 fully saturated rings. The number of carboxylic acid groups (broad SMARTS) is 1. The van der Waals surface area contributed by atoms with Crippen LogP contribution < -0.4 is 0 Å². The lowest BCUT2D eigenvalue weighted by Crippen LogP contribution is -2.54. The second-order valence-electron chi connectivity index (χ2n) is 3.30. The molecule has 0 saturated carbocycles. The first kappa shape index (κ1) is 18.6. The largest absolute Gasteiger partial charge is 0.479 e. The monoisotopic (exact) mass is 326 g/mol. The molecule has 0 amide bonds. The normalized spacial score (nSPS) is 17.8. The number of carbonyl (C=O) groups is 1. The van der Waals surface area contributed by atoms with E-state index in [1.54, 1.807) is 0 Å². The molecular formula is C5H12O12P2. The fraction of sp³-hybridized carbons (Fsp3) is 0.800. The second kappa shape index (κ2) is 6.37. The summed E-state index contributed by atoms with van der Waals surface area (Å²) in [6.45, 7) is -2.84. The minimum atomic E-state index is -5.12. The van der Waals surface area contributed by atoms with Crippen molar-refractivity contribution in [2.24, 2.45) is 0 Å². The van der Waals surface area contributed by atoms with E-state index in [0.29, 0.717) is 0 Å². The van der Waals surface area contributed by atoms with Gasteiger partial charge >= 0.3 is 21.6 Å². The Morgan fingerprint density at radius 1 is 1.11 bits per heavy atom. The van der Waals surface area contributed by atoms with Gasteiger partial charge in [-0.05, 0) is 0 Å². The third-order valence-electron chi connectivity index (χ3n) is 1.77. The van der Waals surface area contributed by atoms with Crippen molar-refractivity contribution in [3.05, 3.63) is 0 Å². The van der Waals surface area contributed by atoms with E-state index in [9.17, 15) is 24.1 Å². The molecule has 0 bridgehead atoms. The number of rotatable bonds is 8. The van der Waals surface area contributed by atoms with Crippen LogP contribution in [0.1, 0.15) is 0 Å². The molecule has 2 unspecified atom stereocenters. The van der Waals surface area contributed by atoms with E-state index in [1.165, 1.54) is 0 Å². The molecule has 2 atom stereocenters. The molecule has 0 aliphatic heterocycles. The zero-order valence-electron chi connectivity index (χ0n) is 9.06. The number of phosphoric ester groups is 2. The van der Waals surface area contributed by atoms with Crippen molar-refractivity contribution in [1.29, 1.82) is 0 Å². The van der Waals surface area contributed by atoms with Crippen LogP contribution in [0.4, 0.5) is 0 Å². The van der Waals surface area contributed by atoms with Gasteiger partial charge in [-0.15, -0.1) is 0 Å². The highest BCUT2D eigenvalue weighted by molar-refractivity contribution is 7.46. The molecule has 0 aromatic rings. The summed E-state index contributed by atoms with van der Waals surface area (Å²) in [5, 5.41) is 27.4. The Hall–Kier alpha value is -0.390. The summed E-state index contributed by atoms with van der Waals surface area (Å²) in [5.41, 5.74) is -3.23. The van der Waals surface area contributed by atoms with E-state index in [2.05, 4.69) is 9.05 Å². The minimum Gasteiger partial charge on any atom is -0.479 e. The van der Waals surface area contributed by atoms with E-state index >= 15 is 0 Å². The van der Waals surface area contributed by atoms with Crippen molar-refractivity contribution < 1.29 is 57.9 Å². The highest BCUT2D eigenvalue weighted by atomic mass is 31.2. The topological polar surface area (TPSA) is 211 Å². The Kier molecular flexibility index (Phi) is 6.24. The van der Waals surface area contributed by atoms with E-state index < -0.39 is 46.5 Å². The van der Waals surface area contributed by atoms with Gasteiger partial charge in [0.1, 0.15) is 12.7 Å². The third kappa shape index (κ3) is 7.09. The molecule has 0 spiro atoms. The first-order valence-corrected chi connectivity index (χ1v) is 7.38. The Morgan fingerprint density at radius 2 is 1.53 bits per heavy atom. The van der Waals surface area contributed by atoms with Crippen LogP contribution in [0.3, 0.4) is 0 Å². The van der Waals surface area contributed by atoms with Crippen LogP contribution in [0.15, 0.2) is 0 Å². The highest BCUT2D eigenvalue weighted by Crippen LogP contribution is 2.38. The number of phosphoric acid groups is 2. The molecule has 0 rings (SSSR count). The maximum atomic E-state index is 10.7. The van der Waals surface area contributed by atoms with Gasteiger partial charge in [-0.3, -0.25) is 9.05 Å². The SMILES string of the molecule is O=C(O)C(O)(COP(=O)(O)O)C(O)COP(=O)(O)O. The van der Waals surface area contributed by atoms with E-state index in [0.717, 1.165) is 0 Å². The molecule has 0 heterocycles. The van der Waals surface area contributed by atoms with Crippen LogP contribution in [0.5, 0.6) is 0 Å². The Balaban J connectivity index is 4.83.